The van der Waals surface area contributed by atoms with Crippen LogP contribution in [0.25, 0.3) is 11.3 Å². The minimum Gasteiger partial charge on any atom is -0.331 e. The van der Waals surface area contributed by atoms with E-state index in [9.17, 15) is 18.0 Å². The van der Waals surface area contributed by atoms with Crippen molar-refractivity contribution in [3.63, 3.8) is 0 Å². The second-order valence-corrected chi connectivity index (χ2v) is 4.56. The van der Waals surface area contributed by atoms with Crippen LogP contribution in [0.15, 0.2) is 30.6 Å². The highest BCUT2D eigenvalue weighted by Gasteiger charge is 2.32. The molecule has 0 bridgehead atoms. The summed E-state index contributed by atoms with van der Waals surface area (Å²) in [4.78, 5) is 16.6. The van der Waals surface area contributed by atoms with Crippen LogP contribution in [-0.4, -0.2) is 45.3 Å². The summed E-state index contributed by atoms with van der Waals surface area (Å²) < 4.78 is 38.2. The summed E-state index contributed by atoms with van der Waals surface area (Å²) in [5, 5.41) is 4.13. The Hall–Kier alpha value is -2.38. The van der Waals surface area contributed by atoms with Crippen molar-refractivity contribution in [1.29, 1.82) is 0 Å². The lowest BCUT2D eigenvalue weighted by molar-refractivity contribution is -0.138. The largest absolute Gasteiger partial charge is 0.406 e. The molecule has 0 spiro atoms. The second-order valence-electron chi connectivity index (χ2n) is 4.56. The van der Waals surface area contributed by atoms with E-state index < -0.39 is 18.6 Å². The third-order valence-electron chi connectivity index (χ3n) is 2.82. The number of alkyl halides is 3. The standard InChI is InChI=1S/C13H13F3N4O/c1-19(8-13(14,15)16)12(21)11-6-10(18-20(11)2)9-4-3-5-17-7-9/h3-7H,8H2,1-2H3. The van der Waals surface area contributed by atoms with Crippen molar-refractivity contribution in [2.24, 2.45) is 7.05 Å². The van der Waals surface area contributed by atoms with Gasteiger partial charge in [0.2, 0.25) is 0 Å². The Labute approximate surface area is 119 Å². The first-order valence-corrected chi connectivity index (χ1v) is 6.04. The molecule has 5 nitrogen and oxygen atoms in total. The molecule has 0 fully saturated rings. The number of rotatable bonds is 3. The molecule has 0 unspecified atom stereocenters. The first-order chi connectivity index (χ1) is 9.78. The molecule has 2 rings (SSSR count). The quantitative estimate of drug-likeness (QED) is 0.872. The molecule has 2 aromatic heterocycles. The molecular weight excluding hydrogens is 285 g/mol. The molecule has 0 atom stereocenters. The number of amides is 1. The Morgan fingerprint density at radius 2 is 2.14 bits per heavy atom. The molecule has 0 aliphatic carbocycles. The fraction of sp³-hybridized carbons (Fsp3) is 0.308. The number of carbonyl (C=O) groups is 1. The van der Waals surface area contributed by atoms with Gasteiger partial charge in [-0.3, -0.25) is 14.5 Å². The van der Waals surface area contributed by atoms with Crippen molar-refractivity contribution in [1.82, 2.24) is 19.7 Å². The van der Waals surface area contributed by atoms with Gasteiger partial charge >= 0.3 is 6.18 Å². The number of halogens is 3. The van der Waals surface area contributed by atoms with Gasteiger partial charge in [0.05, 0.1) is 5.69 Å². The third-order valence-corrected chi connectivity index (χ3v) is 2.82. The zero-order valence-corrected chi connectivity index (χ0v) is 11.4. The van der Waals surface area contributed by atoms with Gasteiger partial charge in [-0.1, -0.05) is 0 Å². The molecule has 0 aliphatic heterocycles. The fourth-order valence-electron chi connectivity index (χ4n) is 1.86. The molecular formula is C13H13F3N4O. The van der Waals surface area contributed by atoms with Crippen LogP contribution in [-0.2, 0) is 7.05 Å². The minimum absolute atomic E-state index is 0.0839. The van der Waals surface area contributed by atoms with Gasteiger partial charge < -0.3 is 4.90 Å². The summed E-state index contributed by atoms with van der Waals surface area (Å²) in [6.07, 6.45) is -1.28. The average Bonchev–Trinajstić information content (AvgIpc) is 2.79. The maximum Gasteiger partial charge on any atom is 0.406 e. The summed E-state index contributed by atoms with van der Waals surface area (Å²) in [7, 11) is 2.61. The summed E-state index contributed by atoms with van der Waals surface area (Å²) in [5.74, 6) is -0.738. The van der Waals surface area contributed by atoms with Gasteiger partial charge in [-0.25, -0.2) is 0 Å². The normalized spacial score (nSPS) is 11.5. The van der Waals surface area contributed by atoms with E-state index in [1.807, 2.05) is 0 Å². The highest BCUT2D eigenvalue weighted by atomic mass is 19.4. The van der Waals surface area contributed by atoms with Gasteiger partial charge in [-0.2, -0.15) is 18.3 Å². The van der Waals surface area contributed by atoms with E-state index in [0.29, 0.717) is 16.2 Å². The van der Waals surface area contributed by atoms with Crippen LogP contribution >= 0.6 is 0 Å². The predicted molar refractivity (Wildman–Crippen MR) is 69.5 cm³/mol. The van der Waals surface area contributed by atoms with Crippen LogP contribution in [0.4, 0.5) is 13.2 Å². The second kappa shape index (κ2) is 5.55. The summed E-state index contributed by atoms with van der Waals surface area (Å²) >= 11 is 0. The van der Waals surface area contributed by atoms with Gasteiger partial charge in [0.1, 0.15) is 12.2 Å². The number of aryl methyl sites for hydroxylation is 1. The van der Waals surface area contributed by atoms with Crippen molar-refractivity contribution < 1.29 is 18.0 Å². The molecule has 0 saturated heterocycles. The number of aromatic nitrogens is 3. The molecule has 21 heavy (non-hydrogen) atoms. The summed E-state index contributed by atoms with van der Waals surface area (Å²) in [5.41, 5.74) is 1.25. The molecule has 1 amide bonds. The van der Waals surface area contributed by atoms with Crippen molar-refractivity contribution in [2.45, 2.75) is 6.18 Å². The molecule has 2 heterocycles. The molecule has 2 aromatic rings. The molecule has 0 aromatic carbocycles. The Morgan fingerprint density at radius 3 is 2.71 bits per heavy atom. The van der Waals surface area contributed by atoms with Gasteiger partial charge in [-0.05, 0) is 18.2 Å². The highest BCUT2D eigenvalue weighted by Crippen LogP contribution is 2.20. The average molecular weight is 298 g/mol. The lowest BCUT2D eigenvalue weighted by atomic mass is 10.2. The Bertz CT molecular complexity index is 637. The van der Waals surface area contributed by atoms with Crippen molar-refractivity contribution in [2.75, 3.05) is 13.6 Å². The first kappa shape index (κ1) is 15.0. The van der Waals surface area contributed by atoms with E-state index in [0.717, 1.165) is 7.05 Å². The van der Waals surface area contributed by atoms with Gasteiger partial charge in [-0.15, -0.1) is 0 Å². The monoisotopic (exact) mass is 298 g/mol. The Kier molecular flexibility index (Phi) is 3.97. The lowest BCUT2D eigenvalue weighted by Gasteiger charge is -2.18. The van der Waals surface area contributed by atoms with Gasteiger partial charge in [0, 0.05) is 32.1 Å². The molecule has 0 aliphatic rings. The van der Waals surface area contributed by atoms with Crippen LogP contribution in [0.5, 0.6) is 0 Å². The lowest BCUT2D eigenvalue weighted by Crippen LogP contribution is -2.36. The first-order valence-electron chi connectivity index (χ1n) is 6.04. The van der Waals surface area contributed by atoms with E-state index in [1.165, 1.54) is 17.8 Å². The zero-order chi connectivity index (χ0) is 15.6. The maximum atomic E-state index is 12.3. The highest BCUT2D eigenvalue weighted by molar-refractivity contribution is 5.93. The van der Waals surface area contributed by atoms with Crippen molar-refractivity contribution in [3.05, 3.63) is 36.3 Å². The Balaban J connectivity index is 2.25. The zero-order valence-electron chi connectivity index (χ0n) is 11.4. The minimum atomic E-state index is -4.44. The number of hydrogen-bond donors (Lipinski definition) is 0. The summed E-state index contributed by atoms with van der Waals surface area (Å²) in [6, 6.07) is 4.91. The fourth-order valence-corrected chi connectivity index (χ4v) is 1.86. The predicted octanol–water partition coefficient (Wildman–Crippen LogP) is 2.12. The SMILES string of the molecule is CN(CC(F)(F)F)C(=O)c1cc(-c2cccnc2)nn1C. The Morgan fingerprint density at radius 1 is 1.43 bits per heavy atom. The molecule has 8 heteroatoms. The maximum absolute atomic E-state index is 12.3. The van der Waals surface area contributed by atoms with E-state index in [-0.39, 0.29) is 5.69 Å². The van der Waals surface area contributed by atoms with Crippen molar-refractivity contribution >= 4 is 5.91 Å². The third kappa shape index (κ3) is 3.59. The van der Waals surface area contributed by atoms with E-state index in [1.54, 1.807) is 24.5 Å². The number of nitrogens with zero attached hydrogens (tertiary/aromatic N) is 4. The smallest absolute Gasteiger partial charge is 0.331 e. The van der Waals surface area contributed by atoms with E-state index in [4.69, 9.17) is 0 Å². The summed E-state index contributed by atoms with van der Waals surface area (Å²) in [6.45, 7) is -1.31. The topological polar surface area (TPSA) is 51.0 Å². The molecule has 112 valence electrons. The van der Waals surface area contributed by atoms with Crippen LogP contribution < -0.4 is 0 Å². The molecule has 0 N–H and O–H groups in total. The van der Waals surface area contributed by atoms with Gasteiger partial charge in [0.15, 0.2) is 0 Å². The van der Waals surface area contributed by atoms with Crippen molar-refractivity contribution in [3.8, 4) is 11.3 Å². The molecule has 0 radical (unpaired) electrons. The van der Waals surface area contributed by atoms with Crippen LogP contribution in [0.1, 0.15) is 10.5 Å². The van der Waals surface area contributed by atoms with Gasteiger partial charge in [0.25, 0.3) is 5.91 Å². The van der Waals surface area contributed by atoms with E-state index in [2.05, 4.69) is 10.1 Å². The number of carbonyl (C=O) groups excluding carboxylic acids is 1. The number of pyridine rings is 1. The van der Waals surface area contributed by atoms with Crippen LogP contribution in [0, 0.1) is 0 Å². The van der Waals surface area contributed by atoms with E-state index >= 15 is 0 Å². The van der Waals surface area contributed by atoms with Crippen LogP contribution in [0.2, 0.25) is 0 Å². The van der Waals surface area contributed by atoms with Crippen LogP contribution in [0.3, 0.4) is 0 Å². The number of hydrogen-bond acceptors (Lipinski definition) is 3. The molecule has 0 saturated carbocycles.